The van der Waals surface area contributed by atoms with Crippen LogP contribution in [0.25, 0.3) is 0 Å². The summed E-state index contributed by atoms with van der Waals surface area (Å²) in [5.74, 6) is 0.613. The van der Waals surface area contributed by atoms with E-state index in [0.29, 0.717) is 35.0 Å². The minimum Gasteiger partial charge on any atom is -0.497 e. The molecule has 2 saturated heterocycles. The van der Waals surface area contributed by atoms with E-state index < -0.39 is 27.5 Å². The topological polar surface area (TPSA) is 139 Å². The first-order chi connectivity index (χ1) is 23.1. The van der Waals surface area contributed by atoms with Crippen LogP contribution in [0.1, 0.15) is 43.7 Å². The zero-order chi connectivity index (χ0) is 34.1. The number of amides is 3. The average molecular weight is 698 g/mol. The zero-order valence-electron chi connectivity index (χ0n) is 27.2. The Balaban J connectivity index is 1.45. The number of hydrogen-bond donors (Lipinski definition) is 2. The first kappa shape index (κ1) is 33.8. The van der Waals surface area contributed by atoms with Gasteiger partial charge in [-0.2, -0.15) is 4.31 Å². The Morgan fingerprint density at radius 1 is 1.02 bits per heavy atom. The number of anilines is 1. The van der Waals surface area contributed by atoms with Crippen molar-refractivity contribution >= 4 is 39.2 Å². The number of aromatic nitrogens is 1. The molecule has 12 nitrogen and oxygen atoms in total. The van der Waals surface area contributed by atoms with E-state index >= 15 is 4.79 Å². The molecule has 6 rings (SSSR count). The Hall–Kier alpha value is -4.07. The van der Waals surface area contributed by atoms with E-state index in [0.717, 1.165) is 38.8 Å². The smallest absolute Gasteiger partial charge is 0.318 e. The Morgan fingerprint density at radius 3 is 2.44 bits per heavy atom. The molecule has 2 N–H and O–H groups in total. The summed E-state index contributed by atoms with van der Waals surface area (Å²) in [7, 11) is -1.86. The maximum atomic E-state index is 15.1. The number of nitrogens with one attached hydrogen (secondary N) is 2. The van der Waals surface area contributed by atoms with Crippen LogP contribution in [-0.4, -0.2) is 77.2 Å². The fourth-order valence-corrected chi connectivity index (χ4v) is 8.97. The summed E-state index contributed by atoms with van der Waals surface area (Å²) in [5.41, 5.74) is -1.69. The van der Waals surface area contributed by atoms with Crippen molar-refractivity contribution in [3.05, 3.63) is 70.9 Å². The number of methoxy groups -OCH3 is 2. The minimum atomic E-state index is -4.64. The third-order valence-electron chi connectivity index (χ3n) is 9.60. The minimum absolute atomic E-state index is 0.0211. The van der Waals surface area contributed by atoms with Crippen LogP contribution in [0.5, 0.6) is 17.4 Å². The Bertz CT molecular complexity index is 1790. The van der Waals surface area contributed by atoms with Gasteiger partial charge in [0, 0.05) is 35.9 Å². The molecular weight excluding hydrogens is 658 g/mol. The molecule has 1 atom stereocenters. The van der Waals surface area contributed by atoms with Crippen LogP contribution >= 0.6 is 11.6 Å². The highest BCUT2D eigenvalue weighted by Gasteiger charge is 2.59. The van der Waals surface area contributed by atoms with Gasteiger partial charge in [-0.3, -0.25) is 4.79 Å². The standard InChI is InChI=1S/C34H40ClN5O7S/c1-4-47-31-26(6-5-15-37-31)34(38-33(42)39-18-13-23(14-19-39)22-11-16-36-17-12-22)27-20-24(35)7-9-28(27)40(32(34)41)48(43,44)30-10-8-25(45-2)21-29(30)46-3/h5-10,15,20-23,36H,4,11-14,16-19H2,1-3H3,(H,38,42). The second kappa shape index (κ2) is 13.8. The summed E-state index contributed by atoms with van der Waals surface area (Å²) in [6, 6.07) is 11.4. The van der Waals surface area contributed by atoms with Gasteiger partial charge in [0.15, 0.2) is 5.54 Å². The number of ether oxygens (including phenoxy) is 3. The van der Waals surface area contributed by atoms with Crippen LogP contribution in [0, 0.1) is 11.8 Å². The molecule has 14 heteroatoms. The molecule has 0 spiro atoms. The number of pyridine rings is 1. The Morgan fingerprint density at radius 2 is 1.75 bits per heavy atom. The van der Waals surface area contributed by atoms with Gasteiger partial charge < -0.3 is 29.7 Å². The number of urea groups is 1. The number of sulfonamides is 1. The molecular formula is C34H40ClN5O7S. The molecule has 2 fully saturated rings. The fourth-order valence-electron chi connectivity index (χ4n) is 7.19. The molecule has 0 radical (unpaired) electrons. The van der Waals surface area contributed by atoms with Crippen LogP contribution in [0.15, 0.2) is 59.6 Å². The van der Waals surface area contributed by atoms with Gasteiger partial charge >= 0.3 is 6.03 Å². The van der Waals surface area contributed by atoms with Gasteiger partial charge in [-0.25, -0.2) is 18.2 Å². The molecule has 1 unspecified atom stereocenters. The van der Waals surface area contributed by atoms with Crippen molar-refractivity contribution in [2.75, 3.05) is 51.3 Å². The van der Waals surface area contributed by atoms with Crippen LogP contribution in [0.3, 0.4) is 0 Å². The van der Waals surface area contributed by atoms with Crippen LogP contribution in [0.4, 0.5) is 10.5 Å². The largest absolute Gasteiger partial charge is 0.497 e. The van der Waals surface area contributed by atoms with Crippen molar-refractivity contribution in [2.45, 2.75) is 43.0 Å². The van der Waals surface area contributed by atoms with Crippen molar-refractivity contribution in [3.63, 3.8) is 0 Å². The summed E-state index contributed by atoms with van der Waals surface area (Å²) in [5, 5.41) is 6.65. The second-order valence-electron chi connectivity index (χ2n) is 12.1. The van der Waals surface area contributed by atoms with Crippen LogP contribution in [0.2, 0.25) is 5.02 Å². The highest BCUT2D eigenvalue weighted by Crippen LogP contribution is 2.50. The number of nitrogens with zero attached hydrogens (tertiary/aromatic N) is 3. The summed E-state index contributed by atoms with van der Waals surface area (Å²) in [6.45, 7) is 5.00. The molecule has 256 valence electrons. The molecule has 2 aromatic carbocycles. The molecule has 48 heavy (non-hydrogen) atoms. The van der Waals surface area contributed by atoms with E-state index in [2.05, 4.69) is 15.6 Å². The number of hydrogen-bond acceptors (Lipinski definition) is 9. The second-order valence-corrected chi connectivity index (χ2v) is 14.3. The number of piperidine rings is 2. The predicted molar refractivity (Wildman–Crippen MR) is 180 cm³/mol. The fraction of sp³-hybridized carbons (Fsp3) is 0.441. The predicted octanol–water partition coefficient (Wildman–Crippen LogP) is 4.55. The molecule has 0 saturated carbocycles. The molecule has 4 heterocycles. The highest BCUT2D eigenvalue weighted by atomic mass is 35.5. The quantitative estimate of drug-likeness (QED) is 0.330. The van der Waals surface area contributed by atoms with Crippen molar-refractivity contribution in [1.29, 1.82) is 0 Å². The highest BCUT2D eigenvalue weighted by molar-refractivity contribution is 7.93. The van der Waals surface area contributed by atoms with E-state index in [1.54, 1.807) is 24.0 Å². The SMILES string of the molecule is CCOc1ncccc1C1(NC(=O)N2CCC(C3CCNCC3)CC2)C(=O)N(S(=O)(=O)c2ccc(OC)cc2OC)c2ccc(Cl)cc21. The number of fused-ring (bicyclic) bond motifs is 1. The number of carbonyl (C=O) groups excluding carboxylic acids is 2. The van der Waals surface area contributed by atoms with Crippen LogP contribution in [-0.2, 0) is 20.4 Å². The van der Waals surface area contributed by atoms with Gasteiger partial charge in [0.2, 0.25) is 5.88 Å². The van der Waals surface area contributed by atoms with Gasteiger partial charge in [-0.05, 0) is 100.0 Å². The third kappa shape index (κ3) is 5.92. The van der Waals surface area contributed by atoms with Gasteiger partial charge in [0.25, 0.3) is 15.9 Å². The van der Waals surface area contributed by atoms with Crippen molar-refractivity contribution in [2.24, 2.45) is 11.8 Å². The third-order valence-corrected chi connectivity index (χ3v) is 11.6. The van der Waals surface area contributed by atoms with E-state index in [1.165, 1.54) is 56.8 Å². The summed E-state index contributed by atoms with van der Waals surface area (Å²) < 4.78 is 46.4. The Labute approximate surface area is 285 Å². The van der Waals surface area contributed by atoms with E-state index in [9.17, 15) is 13.2 Å². The molecule has 1 aromatic heterocycles. The molecule has 3 aromatic rings. The lowest BCUT2D eigenvalue weighted by Crippen LogP contribution is -2.58. The van der Waals surface area contributed by atoms with E-state index in [4.69, 9.17) is 25.8 Å². The monoisotopic (exact) mass is 697 g/mol. The normalized spacial score (nSPS) is 20.4. The van der Waals surface area contributed by atoms with Gasteiger partial charge in [0.05, 0.1) is 32.1 Å². The maximum Gasteiger partial charge on any atom is 0.318 e. The average Bonchev–Trinajstić information content (AvgIpc) is 3.36. The number of likely N-dealkylation sites (tertiary alicyclic amines) is 1. The number of rotatable bonds is 9. The lowest BCUT2D eigenvalue weighted by atomic mass is 9.79. The maximum absolute atomic E-state index is 15.1. The van der Waals surface area contributed by atoms with Crippen molar-refractivity contribution < 1.29 is 32.2 Å². The van der Waals surface area contributed by atoms with Crippen molar-refractivity contribution in [1.82, 2.24) is 20.5 Å². The first-order valence-corrected chi connectivity index (χ1v) is 17.9. The molecule has 3 aliphatic heterocycles. The first-order valence-electron chi connectivity index (χ1n) is 16.1. The van der Waals surface area contributed by atoms with Gasteiger partial charge in [-0.1, -0.05) is 11.6 Å². The number of halogens is 1. The summed E-state index contributed by atoms with van der Waals surface area (Å²) in [6.07, 6.45) is 5.43. The lowest BCUT2D eigenvalue weighted by Gasteiger charge is -2.39. The van der Waals surface area contributed by atoms with E-state index in [1.807, 2.05) is 0 Å². The molecule has 0 bridgehead atoms. The summed E-state index contributed by atoms with van der Waals surface area (Å²) >= 11 is 6.53. The Kier molecular flexibility index (Phi) is 9.73. The van der Waals surface area contributed by atoms with Crippen LogP contribution < -0.4 is 29.1 Å². The van der Waals surface area contributed by atoms with Crippen molar-refractivity contribution in [3.8, 4) is 17.4 Å². The lowest BCUT2D eigenvalue weighted by molar-refractivity contribution is -0.121. The summed E-state index contributed by atoms with van der Waals surface area (Å²) in [4.78, 5) is 35.2. The number of benzene rings is 2. The van der Waals surface area contributed by atoms with Gasteiger partial charge in [0.1, 0.15) is 16.4 Å². The van der Waals surface area contributed by atoms with E-state index in [-0.39, 0.29) is 45.0 Å². The molecule has 3 amide bonds. The molecule has 3 aliphatic rings. The van der Waals surface area contributed by atoms with Gasteiger partial charge in [-0.15, -0.1) is 0 Å². The zero-order valence-corrected chi connectivity index (χ0v) is 28.8. The number of carbonyl (C=O) groups is 2. The molecule has 0 aliphatic carbocycles.